The maximum absolute atomic E-state index is 5.08. The van der Waals surface area contributed by atoms with E-state index in [-0.39, 0.29) is 0 Å². The van der Waals surface area contributed by atoms with Gasteiger partial charge in [0.25, 0.3) is 0 Å². The van der Waals surface area contributed by atoms with Crippen LogP contribution in [-0.4, -0.2) is 24.9 Å². The first-order valence-corrected chi connectivity index (χ1v) is 14.0. The summed E-state index contributed by atoms with van der Waals surface area (Å²) >= 11 is 3.72. The fourth-order valence-electron chi connectivity index (χ4n) is 4.91. The molecule has 0 atom stereocenters. The van der Waals surface area contributed by atoms with E-state index in [9.17, 15) is 0 Å². The van der Waals surface area contributed by atoms with Crippen molar-refractivity contribution in [1.82, 2.24) is 24.9 Å². The van der Waals surface area contributed by atoms with Gasteiger partial charge in [-0.25, -0.2) is 9.97 Å². The van der Waals surface area contributed by atoms with Gasteiger partial charge in [-0.05, 0) is 95.1 Å². The van der Waals surface area contributed by atoms with Crippen LogP contribution < -0.4 is 0 Å². The summed E-state index contributed by atoms with van der Waals surface area (Å²) in [6.07, 6.45) is 9.04. The maximum Gasteiger partial charge on any atom is 0.160 e. The molecule has 0 unspecified atom stereocenters. The number of halogens is 1. The molecule has 0 bridgehead atoms. The van der Waals surface area contributed by atoms with Gasteiger partial charge in [-0.2, -0.15) is 0 Å². The molecule has 0 saturated heterocycles. The van der Waals surface area contributed by atoms with Gasteiger partial charge in [0.15, 0.2) is 5.82 Å². The van der Waals surface area contributed by atoms with Crippen LogP contribution in [0.2, 0.25) is 0 Å². The smallest absolute Gasteiger partial charge is 0.160 e. The Morgan fingerprint density at radius 1 is 0.439 bits per heavy atom. The Balaban J connectivity index is 1.38. The molecular formula is C35H22BrN5. The summed E-state index contributed by atoms with van der Waals surface area (Å²) in [5.74, 6) is 0.659. The van der Waals surface area contributed by atoms with Gasteiger partial charge in [0.1, 0.15) is 0 Å². The predicted octanol–water partition coefficient (Wildman–Crippen LogP) is 8.91. The van der Waals surface area contributed by atoms with E-state index in [0.717, 1.165) is 65.7 Å². The second-order valence-corrected chi connectivity index (χ2v) is 10.6. The van der Waals surface area contributed by atoms with E-state index in [1.807, 2.05) is 54.9 Å². The number of rotatable bonds is 5. The highest BCUT2D eigenvalue weighted by atomic mass is 79.9. The minimum atomic E-state index is 0.659. The fraction of sp³-hybridized carbons (Fsp3) is 0. The molecule has 0 radical (unpaired) electrons. The second kappa shape index (κ2) is 10.8. The Morgan fingerprint density at radius 3 is 1.76 bits per heavy atom. The summed E-state index contributed by atoms with van der Waals surface area (Å²) in [5.41, 5.74) is 9.99. The molecule has 0 N–H and O–H groups in total. The average molecular weight is 593 g/mol. The summed E-state index contributed by atoms with van der Waals surface area (Å²) in [6.45, 7) is 0. The first-order chi connectivity index (χ1) is 20.2. The number of hydrogen-bond donors (Lipinski definition) is 0. The molecule has 4 heterocycles. The van der Waals surface area contributed by atoms with E-state index in [4.69, 9.17) is 9.97 Å². The van der Waals surface area contributed by atoms with Gasteiger partial charge < -0.3 is 0 Å². The summed E-state index contributed by atoms with van der Waals surface area (Å²) < 4.78 is 0.974. The molecule has 41 heavy (non-hydrogen) atoms. The van der Waals surface area contributed by atoms with Crippen molar-refractivity contribution in [2.24, 2.45) is 0 Å². The highest BCUT2D eigenvalue weighted by molar-refractivity contribution is 9.10. The third kappa shape index (κ3) is 5.25. The number of benzene rings is 3. The van der Waals surface area contributed by atoms with Crippen molar-refractivity contribution in [3.8, 4) is 56.2 Å². The predicted molar refractivity (Wildman–Crippen MR) is 168 cm³/mol. The van der Waals surface area contributed by atoms with Crippen molar-refractivity contribution in [2.45, 2.75) is 0 Å². The van der Waals surface area contributed by atoms with Crippen LogP contribution in [0.25, 0.3) is 67.1 Å². The summed E-state index contributed by atoms with van der Waals surface area (Å²) in [4.78, 5) is 22.9. The Hall–Kier alpha value is -5.07. The van der Waals surface area contributed by atoms with Crippen molar-refractivity contribution in [3.05, 3.63) is 139 Å². The average Bonchev–Trinajstić information content (AvgIpc) is 3.05. The van der Waals surface area contributed by atoms with Crippen LogP contribution in [0.3, 0.4) is 0 Å². The van der Waals surface area contributed by atoms with Gasteiger partial charge >= 0.3 is 0 Å². The van der Waals surface area contributed by atoms with Crippen molar-refractivity contribution in [2.75, 3.05) is 0 Å². The van der Waals surface area contributed by atoms with E-state index in [2.05, 4.69) is 91.5 Å². The normalized spacial score (nSPS) is 11.0. The Morgan fingerprint density at radius 2 is 1.02 bits per heavy atom. The number of nitrogens with zero attached hydrogens (tertiary/aromatic N) is 5. The Kier molecular flexibility index (Phi) is 6.59. The van der Waals surface area contributed by atoms with Gasteiger partial charge in [-0.3, -0.25) is 15.0 Å². The molecule has 0 aliphatic carbocycles. The highest BCUT2D eigenvalue weighted by Gasteiger charge is 2.13. The van der Waals surface area contributed by atoms with Crippen LogP contribution in [-0.2, 0) is 0 Å². The van der Waals surface area contributed by atoms with Crippen molar-refractivity contribution >= 4 is 26.8 Å². The van der Waals surface area contributed by atoms with E-state index >= 15 is 0 Å². The summed E-state index contributed by atoms with van der Waals surface area (Å²) in [7, 11) is 0. The molecule has 0 saturated carbocycles. The van der Waals surface area contributed by atoms with Crippen LogP contribution in [0.15, 0.2) is 139 Å². The van der Waals surface area contributed by atoms with Crippen LogP contribution in [0.5, 0.6) is 0 Å². The largest absolute Gasteiger partial charge is 0.265 e. The minimum Gasteiger partial charge on any atom is -0.265 e. The van der Waals surface area contributed by atoms with Crippen LogP contribution in [0, 0.1) is 0 Å². The highest BCUT2D eigenvalue weighted by Crippen LogP contribution is 2.33. The number of hydrogen-bond acceptors (Lipinski definition) is 5. The second-order valence-electron chi connectivity index (χ2n) is 9.65. The van der Waals surface area contributed by atoms with E-state index < -0.39 is 0 Å². The van der Waals surface area contributed by atoms with E-state index in [1.165, 1.54) is 0 Å². The molecule has 7 aromatic rings. The summed E-state index contributed by atoms with van der Waals surface area (Å²) in [5, 5.41) is 1.05. The van der Waals surface area contributed by atoms with Crippen LogP contribution >= 0.6 is 15.9 Å². The number of pyridine rings is 3. The Labute approximate surface area is 245 Å². The molecule has 7 rings (SSSR count). The first kappa shape index (κ1) is 24.9. The quantitative estimate of drug-likeness (QED) is 0.200. The molecule has 6 heteroatoms. The molecule has 0 aliphatic rings. The number of fused-ring (bicyclic) bond motifs is 1. The van der Waals surface area contributed by atoms with Gasteiger partial charge in [-0.1, -0.05) is 46.3 Å². The monoisotopic (exact) mass is 591 g/mol. The summed E-state index contributed by atoms with van der Waals surface area (Å²) in [6, 6.07) is 35.1. The molecule has 0 spiro atoms. The van der Waals surface area contributed by atoms with Crippen LogP contribution in [0.4, 0.5) is 0 Å². The maximum atomic E-state index is 5.08. The van der Waals surface area contributed by atoms with Crippen LogP contribution in [0.1, 0.15) is 0 Å². The molecule has 5 nitrogen and oxygen atoms in total. The fourth-order valence-corrected chi connectivity index (χ4v) is 5.41. The molecule has 0 fully saturated rings. The van der Waals surface area contributed by atoms with Gasteiger partial charge in [0, 0.05) is 57.5 Å². The first-order valence-electron chi connectivity index (χ1n) is 13.2. The standard InChI is InChI=1S/C35H22BrN5/c36-31-20-29(25-11-16-38-17-12-25)19-30(21-31)34-22-33(26-5-3-23(4-6-26)24-9-14-37-15-10-24)40-35(41-34)28-7-8-32-27(18-28)2-1-13-39-32/h1-22H. The molecule has 0 amide bonds. The zero-order valence-electron chi connectivity index (χ0n) is 21.8. The zero-order chi connectivity index (χ0) is 27.6. The van der Waals surface area contributed by atoms with E-state index in [0.29, 0.717) is 5.82 Å². The van der Waals surface area contributed by atoms with E-state index in [1.54, 1.807) is 18.6 Å². The number of aromatic nitrogens is 5. The SMILES string of the molecule is Brc1cc(-c2ccncc2)cc(-c2cc(-c3ccc(-c4ccncc4)cc3)nc(-c3ccc4ncccc4c3)n2)c1. The lowest BCUT2D eigenvalue weighted by Crippen LogP contribution is -1.96. The molecule has 4 aromatic heterocycles. The van der Waals surface area contributed by atoms with Crippen molar-refractivity contribution in [3.63, 3.8) is 0 Å². The lowest BCUT2D eigenvalue weighted by Gasteiger charge is -2.12. The third-order valence-corrected chi connectivity index (χ3v) is 7.45. The molecule has 3 aromatic carbocycles. The lowest BCUT2D eigenvalue weighted by molar-refractivity contribution is 1.18. The molecule has 0 aliphatic heterocycles. The van der Waals surface area contributed by atoms with Crippen molar-refractivity contribution in [1.29, 1.82) is 0 Å². The van der Waals surface area contributed by atoms with Gasteiger partial charge in [0.2, 0.25) is 0 Å². The van der Waals surface area contributed by atoms with Gasteiger partial charge in [-0.15, -0.1) is 0 Å². The minimum absolute atomic E-state index is 0.659. The molecular weight excluding hydrogens is 570 g/mol. The van der Waals surface area contributed by atoms with Gasteiger partial charge in [0.05, 0.1) is 16.9 Å². The van der Waals surface area contributed by atoms with Crippen molar-refractivity contribution < 1.29 is 0 Å². The third-order valence-electron chi connectivity index (χ3n) is 6.99. The Bertz CT molecular complexity index is 1990. The molecule has 194 valence electrons. The zero-order valence-corrected chi connectivity index (χ0v) is 23.4. The topological polar surface area (TPSA) is 64.5 Å². The lowest BCUT2D eigenvalue weighted by atomic mass is 10.00.